The molecule has 0 aromatic heterocycles. The van der Waals surface area contributed by atoms with E-state index in [1.165, 1.54) is 5.56 Å². The highest BCUT2D eigenvalue weighted by atomic mass is 35.5. The third-order valence-electron chi connectivity index (χ3n) is 3.29. The van der Waals surface area contributed by atoms with Crippen molar-refractivity contribution in [3.8, 4) is 11.5 Å². The SMILES string of the molecule is CCOc1ccc(CNc2cc(Cl)ccc2C)cc1OCC. The van der Waals surface area contributed by atoms with Crippen LogP contribution in [0.15, 0.2) is 36.4 Å². The molecule has 0 aliphatic carbocycles. The number of anilines is 1. The summed E-state index contributed by atoms with van der Waals surface area (Å²) in [4.78, 5) is 0. The van der Waals surface area contributed by atoms with E-state index in [0.29, 0.717) is 19.8 Å². The van der Waals surface area contributed by atoms with Crippen LogP contribution in [0.5, 0.6) is 11.5 Å². The number of halogens is 1. The Morgan fingerprint density at radius 1 is 0.955 bits per heavy atom. The molecule has 0 unspecified atom stereocenters. The van der Waals surface area contributed by atoms with Crippen LogP contribution in [0, 0.1) is 6.92 Å². The molecule has 0 spiro atoms. The molecule has 0 fully saturated rings. The van der Waals surface area contributed by atoms with Crippen LogP contribution in [0.1, 0.15) is 25.0 Å². The van der Waals surface area contributed by atoms with E-state index in [0.717, 1.165) is 27.8 Å². The highest BCUT2D eigenvalue weighted by Gasteiger charge is 2.07. The molecular formula is C18H22ClNO2. The molecule has 2 aromatic carbocycles. The molecule has 4 heteroatoms. The molecule has 0 saturated carbocycles. The second kappa shape index (κ2) is 7.95. The largest absolute Gasteiger partial charge is 0.490 e. The van der Waals surface area contributed by atoms with E-state index in [1.54, 1.807) is 0 Å². The van der Waals surface area contributed by atoms with Gasteiger partial charge in [0.1, 0.15) is 0 Å². The van der Waals surface area contributed by atoms with Crippen LogP contribution in [-0.2, 0) is 6.54 Å². The first-order valence-electron chi connectivity index (χ1n) is 7.52. The lowest BCUT2D eigenvalue weighted by atomic mass is 10.1. The number of hydrogen-bond donors (Lipinski definition) is 1. The Balaban J connectivity index is 2.12. The monoisotopic (exact) mass is 319 g/mol. The summed E-state index contributed by atoms with van der Waals surface area (Å²) < 4.78 is 11.2. The molecule has 3 nitrogen and oxygen atoms in total. The van der Waals surface area contributed by atoms with Crippen LogP contribution in [0.4, 0.5) is 5.69 Å². The van der Waals surface area contributed by atoms with Gasteiger partial charge in [-0.1, -0.05) is 23.7 Å². The van der Waals surface area contributed by atoms with Crippen molar-refractivity contribution in [2.45, 2.75) is 27.3 Å². The molecule has 0 radical (unpaired) electrons. The summed E-state index contributed by atoms with van der Waals surface area (Å²) in [5.74, 6) is 1.57. The minimum Gasteiger partial charge on any atom is -0.490 e. The maximum absolute atomic E-state index is 6.04. The van der Waals surface area contributed by atoms with E-state index in [-0.39, 0.29) is 0 Å². The molecule has 2 aromatic rings. The van der Waals surface area contributed by atoms with Crippen molar-refractivity contribution in [3.63, 3.8) is 0 Å². The normalized spacial score (nSPS) is 10.4. The maximum Gasteiger partial charge on any atom is 0.161 e. The Bertz CT molecular complexity index is 628. The van der Waals surface area contributed by atoms with Crippen LogP contribution in [0.2, 0.25) is 5.02 Å². The van der Waals surface area contributed by atoms with Gasteiger partial charge in [0, 0.05) is 17.3 Å². The van der Waals surface area contributed by atoms with Crippen LogP contribution >= 0.6 is 11.6 Å². The molecule has 0 amide bonds. The van der Waals surface area contributed by atoms with Crippen molar-refractivity contribution >= 4 is 17.3 Å². The lowest BCUT2D eigenvalue weighted by Gasteiger charge is -2.14. The summed E-state index contributed by atoms with van der Waals surface area (Å²) in [5, 5.41) is 4.14. The quantitative estimate of drug-likeness (QED) is 0.774. The third kappa shape index (κ3) is 4.31. The number of ether oxygens (including phenoxy) is 2. The van der Waals surface area contributed by atoms with E-state index in [4.69, 9.17) is 21.1 Å². The van der Waals surface area contributed by atoms with Gasteiger partial charge in [0.15, 0.2) is 11.5 Å². The van der Waals surface area contributed by atoms with E-state index in [9.17, 15) is 0 Å². The zero-order valence-electron chi connectivity index (χ0n) is 13.3. The van der Waals surface area contributed by atoms with Crippen molar-refractivity contribution in [1.29, 1.82) is 0 Å². The second-order valence-electron chi connectivity index (χ2n) is 4.96. The van der Waals surface area contributed by atoms with Crippen LogP contribution < -0.4 is 14.8 Å². The fraction of sp³-hybridized carbons (Fsp3) is 0.333. The summed E-state index contributed by atoms with van der Waals surface area (Å²) in [7, 11) is 0. The molecule has 1 N–H and O–H groups in total. The topological polar surface area (TPSA) is 30.5 Å². The van der Waals surface area contributed by atoms with Gasteiger partial charge < -0.3 is 14.8 Å². The summed E-state index contributed by atoms with van der Waals surface area (Å²) in [5.41, 5.74) is 3.34. The van der Waals surface area contributed by atoms with Crippen LogP contribution in [0.3, 0.4) is 0 Å². The van der Waals surface area contributed by atoms with Crippen molar-refractivity contribution < 1.29 is 9.47 Å². The van der Waals surface area contributed by atoms with Gasteiger partial charge in [0.05, 0.1) is 13.2 Å². The lowest BCUT2D eigenvalue weighted by Crippen LogP contribution is -2.03. The molecule has 0 bridgehead atoms. The molecule has 0 heterocycles. The predicted octanol–water partition coefficient (Wildman–Crippen LogP) is 5.06. The average molecular weight is 320 g/mol. The zero-order chi connectivity index (χ0) is 15.9. The number of hydrogen-bond acceptors (Lipinski definition) is 3. The molecule has 0 saturated heterocycles. The first-order valence-corrected chi connectivity index (χ1v) is 7.90. The Hall–Kier alpha value is -1.87. The predicted molar refractivity (Wildman–Crippen MR) is 92.3 cm³/mol. The van der Waals surface area contributed by atoms with E-state index < -0.39 is 0 Å². The Morgan fingerprint density at radius 3 is 2.41 bits per heavy atom. The molecule has 0 atom stereocenters. The van der Waals surface area contributed by atoms with Gasteiger partial charge in [-0.25, -0.2) is 0 Å². The van der Waals surface area contributed by atoms with Crippen molar-refractivity contribution in [1.82, 2.24) is 0 Å². The summed E-state index contributed by atoms with van der Waals surface area (Å²) in [6.45, 7) is 7.93. The molecular weight excluding hydrogens is 298 g/mol. The van der Waals surface area contributed by atoms with Crippen molar-refractivity contribution in [2.75, 3.05) is 18.5 Å². The van der Waals surface area contributed by atoms with Crippen molar-refractivity contribution in [2.24, 2.45) is 0 Å². The minimum atomic E-state index is 0.615. The van der Waals surface area contributed by atoms with Gasteiger partial charge >= 0.3 is 0 Å². The smallest absolute Gasteiger partial charge is 0.161 e. The van der Waals surface area contributed by atoms with Gasteiger partial charge in [-0.05, 0) is 56.2 Å². The highest BCUT2D eigenvalue weighted by Crippen LogP contribution is 2.29. The Kier molecular flexibility index (Phi) is 5.96. The minimum absolute atomic E-state index is 0.615. The fourth-order valence-corrected chi connectivity index (χ4v) is 2.36. The Morgan fingerprint density at radius 2 is 1.68 bits per heavy atom. The maximum atomic E-state index is 6.04. The zero-order valence-corrected chi connectivity index (χ0v) is 14.0. The number of aryl methyl sites for hydroxylation is 1. The highest BCUT2D eigenvalue weighted by molar-refractivity contribution is 6.30. The van der Waals surface area contributed by atoms with E-state index in [2.05, 4.69) is 12.2 Å². The summed E-state index contributed by atoms with van der Waals surface area (Å²) in [6.07, 6.45) is 0. The molecule has 0 aliphatic rings. The van der Waals surface area contributed by atoms with Gasteiger partial charge in [0.2, 0.25) is 0 Å². The standard InChI is InChI=1S/C18H22ClNO2/c1-4-21-17-9-7-14(10-18(17)22-5-2)12-20-16-11-15(19)8-6-13(16)3/h6-11,20H,4-5,12H2,1-3H3. The molecule has 0 aliphatic heterocycles. The Labute approximate surface area is 137 Å². The first-order chi connectivity index (χ1) is 10.6. The summed E-state index contributed by atoms with van der Waals surface area (Å²) >= 11 is 6.04. The number of rotatable bonds is 7. The number of nitrogens with one attached hydrogen (secondary N) is 1. The lowest BCUT2D eigenvalue weighted by molar-refractivity contribution is 0.287. The van der Waals surface area contributed by atoms with Gasteiger partial charge in [-0.2, -0.15) is 0 Å². The van der Waals surface area contributed by atoms with Gasteiger partial charge in [-0.15, -0.1) is 0 Å². The van der Waals surface area contributed by atoms with Gasteiger partial charge in [0.25, 0.3) is 0 Å². The van der Waals surface area contributed by atoms with Gasteiger partial charge in [-0.3, -0.25) is 0 Å². The van der Waals surface area contributed by atoms with Crippen LogP contribution in [-0.4, -0.2) is 13.2 Å². The average Bonchev–Trinajstić information content (AvgIpc) is 2.51. The summed E-state index contributed by atoms with van der Waals surface area (Å²) in [6, 6.07) is 11.9. The third-order valence-corrected chi connectivity index (χ3v) is 3.53. The first kappa shape index (κ1) is 16.5. The fourth-order valence-electron chi connectivity index (χ4n) is 2.19. The van der Waals surface area contributed by atoms with Crippen LogP contribution in [0.25, 0.3) is 0 Å². The molecule has 2 rings (SSSR count). The van der Waals surface area contributed by atoms with E-state index in [1.807, 2.05) is 50.2 Å². The van der Waals surface area contributed by atoms with E-state index >= 15 is 0 Å². The number of benzene rings is 2. The van der Waals surface area contributed by atoms with Crippen molar-refractivity contribution in [3.05, 3.63) is 52.5 Å². The second-order valence-corrected chi connectivity index (χ2v) is 5.40. The molecule has 22 heavy (non-hydrogen) atoms. The molecule has 118 valence electrons.